The Balaban J connectivity index is 1.53. The van der Waals surface area contributed by atoms with E-state index in [0.29, 0.717) is 35.9 Å². The first-order valence-electron chi connectivity index (χ1n) is 7.65. The maximum atomic E-state index is 12.2. The zero-order valence-electron chi connectivity index (χ0n) is 13.2. The van der Waals surface area contributed by atoms with Crippen LogP contribution in [0.4, 0.5) is 10.7 Å². The molecule has 0 atom stereocenters. The molecule has 1 N–H and O–H groups in total. The summed E-state index contributed by atoms with van der Waals surface area (Å²) in [6, 6.07) is 9.26. The predicted molar refractivity (Wildman–Crippen MR) is 101 cm³/mol. The molecule has 25 heavy (non-hydrogen) atoms. The van der Waals surface area contributed by atoms with E-state index in [1.54, 1.807) is 12.1 Å². The summed E-state index contributed by atoms with van der Waals surface area (Å²) in [5.74, 6) is -0.0971. The van der Waals surface area contributed by atoms with E-state index in [0.717, 1.165) is 18.1 Å². The van der Waals surface area contributed by atoms with Gasteiger partial charge in [-0.15, -0.1) is 0 Å². The lowest BCUT2D eigenvalue weighted by Gasteiger charge is -2.34. The van der Waals surface area contributed by atoms with Gasteiger partial charge in [-0.05, 0) is 23.7 Å². The van der Waals surface area contributed by atoms with E-state index in [2.05, 4.69) is 25.6 Å². The number of amides is 1. The van der Waals surface area contributed by atoms with E-state index in [1.807, 2.05) is 12.1 Å². The smallest absolute Gasteiger partial charge is 0.238 e. The summed E-state index contributed by atoms with van der Waals surface area (Å²) >= 11 is 13.2. The van der Waals surface area contributed by atoms with E-state index in [9.17, 15) is 10.1 Å². The molecule has 2 aromatic rings. The molecule has 9 heteroatoms. The fourth-order valence-electron chi connectivity index (χ4n) is 2.64. The van der Waals surface area contributed by atoms with Gasteiger partial charge in [0.2, 0.25) is 5.91 Å². The zero-order valence-corrected chi connectivity index (χ0v) is 15.5. The molecule has 0 aliphatic carbocycles. The van der Waals surface area contributed by atoms with Crippen LogP contribution >= 0.6 is 34.7 Å². The molecule has 1 aromatic heterocycles. The number of para-hydroxylation sites is 1. The van der Waals surface area contributed by atoms with Crippen LogP contribution in [-0.4, -0.2) is 47.9 Å². The maximum Gasteiger partial charge on any atom is 0.238 e. The van der Waals surface area contributed by atoms with Crippen LogP contribution in [0.1, 0.15) is 5.56 Å². The highest BCUT2D eigenvalue weighted by atomic mass is 35.5. The Morgan fingerprint density at radius 2 is 2.00 bits per heavy atom. The number of nitriles is 1. The first-order valence-corrected chi connectivity index (χ1v) is 9.18. The van der Waals surface area contributed by atoms with Crippen molar-refractivity contribution in [2.45, 2.75) is 0 Å². The molecule has 3 rings (SSSR count). The van der Waals surface area contributed by atoms with Crippen molar-refractivity contribution in [1.82, 2.24) is 9.27 Å². The van der Waals surface area contributed by atoms with Gasteiger partial charge in [-0.1, -0.05) is 35.3 Å². The van der Waals surface area contributed by atoms with Crippen LogP contribution in [0.25, 0.3) is 0 Å². The number of rotatable bonds is 4. The van der Waals surface area contributed by atoms with Gasteiger partial charge in [-0.25, -0.2) is 0 Å². The van der Waals surface area contributed by atoms with Crippen LogP contribution in [-0.2, 0) is 4.79 Å². The van der Waals surface area contributed by atoms with Gasteiger partial charge in [0.05, 0.1) is 17.3 Å². The minimum atomic E-state index is -0.0971. The molecule has 0 saturated carbocycles. The summed E-state index contributed by atoms with van der Waals surface area (Å²) in [7, 11) is 0. The molecule has 1 aliphatic heterocycles. The molecule has 0 radical (unpaired) electrons. The summed E-state index contributed by atoms with van der Waals surface area (Å²) in [6.07, 6.45) is 0. The average molecular weight is 396 g/mol. The van der Waals surface area contributed by atoms with Gasteiger partial charge in [0.1, 0.15) is 16.6 Å². The molecule has 0 bridgehead atoms. The molecule has 1 aliphatic rings. The Bertz CT molecular complexity index is 811. The second-order valence-electron chi connectivity index (χ2n) is 5.56. The van der Waals surface area contributed by atoms with Crippen LogP contribution in [0.2, 0.25) is 10.2 Å². The Kier molecular flexibility index (Phi) is 5.76. The van der Waals surface area contributed by atoms with Crippen molar-refractivity contribution in [3.05, 3.63) is 40.0 Å². The van der Waals surface area contributed by atoms with E-state index >= 15 is 0 Å². The minimum absolute atomic E-state index is 0.0971. The van der Waals surface area contributed by atoms with Crippen LogP contribution in [0.15, 0.2) is 24.3 Å². The van der Waals surface area contributed by atoms with Crippen LogP contribution in [0, 0.1) is 11.3 Å². The number of hydrogen-bond donors (Lipinski definition) is 1. The highest BCUT2D eigenvalue weighted by Crippen LogP contribution is 2.31. The molecule has 130 valence electrons. The van der Waals surface area contributed by atoms with E-state index in [4.69, 9.17) is 23.2 Å². The van der Waals surface area contributed by atoms with Gasteiger partial charge >= 0.3 is 0 Å². The van der Waals surface area contributed by atoms with Crippen molar-refractivity contribution < 1.29 is 4.79 Å². The summed E-state index contributed by atoms with van der Waals surface area (Å²) in [5.41, 5.74) is 1.04. The molecule has 1 amide bonds. The van der Waals surface area contributed by atoms with Gasteiger partial charge in [0.15, 0.2) is 5.15 Å². The third-order valence-electron chi connectivity index (χ3n) is 3.92. The summed E-state index contributed by atoms with van der Waals surface area (Å²) < 4.78 is 4.04. The van der Waals surface area contributed by atoms with Crippen molar-refractivity contribution in [2.75, 3.05) is 42.9 Å². The fraction of sp³-hybridized carbons (Fsp3) is 0.312. The Labute approximate surface area is 159 Å². The molecule has 6 nitrogen and oxygen atoms in total. The molecule has 0 spiro atoms. The fourth-order valence-corrected chi connectivity index (χ4v) is 3.90. The third-order valence-corrected chi connectivity index (χ3v) is 5.53. The predicted octanol–water partition coefficient (Wildman–Crippen LogP) is 3.08. The van der Waals surface area contributed by atoms with E-state index in [-0.39, 0.29) is 11.1 Å². The van der Waals surface area contributed by atoms with Gasteiger partial charge in [0, 0.05) is 26.2 Å². The quantitative estimate of drug-likeness (QED) is 0.860. The number of anilines is 2. The molecule has 0 unspecified atom stereocenters. The Morgan fingerprint density at radius 3 is 2.68 bits per heavy atom. The number of benzene rings is 1. The number of hydrogen-bond acceptors (Lipinski definition) is 6. The van der Waals surface area contributed by atoms with Gasteiger partial charge in [-0.3, -0.25) is 9.69 Å². The third kappa shape index (κ3) is 4.22. The first-order chi connectivity index (χ1) is 12.1. The number of nitrogens with one attached hydrogen (secondary N) is 1. The van der Waals surface area contributed by atoms with Crippen molar-refractivity contribution in [1.29, 1.82) is 5.26 Å². The molecule has 2 heterocycles. The molecular formula is C16H15Cl2N5OS. The standard InChI is InChI=1S/C16H15Cl2N5OS/c17-12-3-1-2-4-13(12)20-14(24)10-22-5-7-23(8-6-22)16-11(9-19)15(18)21-25-16/h1-4H,5-8,10H2,(H,20,24). The molecular weight excluding hydrogens is 381 g/mol. The maximum absolute atomic E-state index is 12.2. The number of piperazine rings is 1. The number of aromatic nitrogens is 1. The first kappa shape index (κ1) is 18.0. The van der Waals surface area contributed by atoms with Crippen molar-refractivity contribution in [2.24, 2.45) is 0 Å². The highest BCUT2D eigenvalue weighted by molar-refractivity contribution is 7.10. The van der Waals surface area contributed by atoms with Crippen molar-refractivity contribution in [3.63, 3.8) is 0 Å². The van der Waals surface area contributed by atoms with Gasteiger partial charge in [0.25, 0.3) is 0 Å². The highest BCUT2D eigenvalue weighted by Gasteiger charge is 2.24. The topological polar surface area (TPSA) is 72.3 Å². The van der Waals surface area contributed by atoms with Gasteiger partial charge < -0.3 is 10.2 Å². The van der Waals surface area contributed by atoms with Crippen LogP contribution in [0.3, 0.4) is 0 Å². The van der Waals surface area contributed by atoms with Crippen molar-refractivity contribution >= 4 is 51.3 Å². The summed E-state index contributed by atoms with van der Waals surface area (Å²) in [5, 5.41) is 13.6. The van der Waals surface area contributed by atoms with Crippen molar-refractivity contribution in [3.8, 4) is 6.07 Å². The van der Waals surface area contributed by atoms with Crippen LogP contribution < -0.4 is 10.2 Å². The summed E-state index contributed by atoms with van der Waals surface area (Å²) in [4.78, 5) is 16.3. The lowest BCUT2D eigenvalue weighted by Crippen LogP contribution is -2.48. The van der Waals surface area contributed by atoms with Crippen LogP contribution in [0.5, 0.6) is 0 Å². The summed E-state index contributed by atoms with van der Waals surface area (Å²) in [6.45, 7) is 3.17. The molecule has 1 aromatic carbocycles. The second kappa shape index (κ2) is 8.02. The number of carbonyl (C=O) groups excluding carboxylic acids is 1. The SMILES string of the molecule is N#Cc1c(Cl)nsc1N1CCN(CC(=O)Nc2ccccc2Cl)CC1. The Hall–Kier alpha value is -1.85. The number of nitrogens with zero attached hydrogens (tertiary/aromatic N) is 4. The monoisotopic (exact) mass is 395 g/mol. The lowest BCUT2D eigenvalue weighted by atomic mass is 10.2. The Morgan fingerprint density at radius 1 is 1.28 bits per heavy atom. The minimum Gasteiger partial charge on any atom is -0.358 e. The second-order valence-corrected chi connectivity index (χ2v) is 7.07. The lowest BCUT2D eigenvalue weighted by molar-refractivity contribution is -0.117. The van der Waals surface area contributed by atoms with Gasteiger partial charge in [-0.2, -0.15) is 9.64 Å². The number of halogens is 2. The normalized spacial score (nSPS) is 15.0. The average Bonchev–Trinajstić information content (AvgIpc) is 2.98. The zero-order chi connectivity index (χ0) is 17.8. The molecule has 1 saturated heterocycles. The van der Waals surface area contributed by atoms with E-state index < -0.39 is 0 Å². The van der Waals surface area contributed by atoms with E-state index in [1.165, 1.54) is 11.5 Å². The molecule has 1 fully saturated rings. The largest absolute Gasteiger partial charge is 0.358 e. The number of carbonyl (C=O) groups is 1.